The molecule has 0 spiro atoms. The zero-order valence-corrected chi connectivity index (χ0v) is 13.5. The Morgan fingerprint density at radius 3 is 2.54 bits per heavy atom. The molecule has 118 valence electrons. The fourth-order valence-electron chi connectivity index (χ4n) is 2.80. The summed E-state index contributed by atoms with van der Waals surface area (Å²) in [6, 6.07) is 16.8. The Morgan fingerprint density at radius 2 is 1.71 bits per heavy atom. The van der Waals surface area contributed by atoms with Crippen LogP contribution in [0.2, 0.25) is 0 Å². The molecule has 0 aliphatic carbocycles. The third kappa shape index (κ3) is 2.24. The lowest BCUT2D eigenvalue weighted by atomic mass is 10.1. The summed E-state index contributed by atoms with van der Waals surface area (Å²) in [4.78, 5) is 19.2. The Hall–Kier alpha value is -3.14. The second kappa shape index (κ2) is 5.49. The third-order valence-corrected chi connectivity index (χ3v) is 4.25. The second-order valence-electron chi connectivity index (χ2n) is 5.83. The molecule has 24 heavy (non-hydrogen) atoms. The lowest BCUT2D eigenvalue weighted by Gasteiger charge is -2.21. The summed E-state index contributed by atoms with van der Waals surface area (Å²) in [6.07, 6.45) is 1.67. The van der Waals surface area contributed by atoms with E-state index in [4.69, 9.17) is 4.74 Å². The van der Waals surface area contributed by atoms with Crippen molar-refractivity contribution >= 4 is 17.4 Å². The van der Waals surface area contributed by atoms with Crippen molar-refractivity contribution in [2.75, 3.05) is 4.90 Å². The largest absolute Gasteiger partial charge is 0.453 e. The summed E-state index contributed by atoms with van der Waals surface area (Å²) in [6.45, 7) is 4.08. The van der Waals surface area contributed by atoms with Gasteiger partial charge in [-0.25, -0.2) is 4.98 Å². The fraction of sp³-hybridized carbons (Fsp3) is 0.100. The van der Waals surface area contributed by atoms with Crippen LogP contribution in [0.4, 0.5) is 11.5 Å². The van der Waals surface area contributed by atoms with Gasteiger partial charge in [-0.2, -0.15) is 0 Å². The van der Waals surface area contributed by atoms with Gasteiger partial charge in [0.15, 0.2) is 11.6 Å². The molecule has 1 aromatic heterocycles. The number of hydrogen-bond donors (Lipinski definition) is 0. The van der Waals surface area contributed by atoms with Crippen LogP contribution < -0.4 is 9.64 Å². The molecule has 1 aliphatic rings. The molecule has 4 nitrogen and oxygen atoms in total. The van der Waals surface area contributed by atoms with E-state index in [0.29, 0.717) is 22.9 Å². The highest BCUT2D eigenvalue weighted by atomic mass is 16.5. The lowest BCUT2D eigenvalue weighted by Crippen LogP contribution is -2.26. The van der Waals surface area contributed by atoms with Crippen LogP contribution >= 0.6 is 0 Å². The van der Waals surface area contributed by atoms with Gasteiger partial charge in [0.05, 0.1) is 11.3 Å². The highest BCUT2D eigenvalue weighted by Gasteiger charge is 2.30. The second-order valence-corrected chi connectivity index (χ2v) is 5.83. The van der Waals surface area contributed by atoms with Crippen LogP contribution in [0.5, 0.6) is 11.5 Å². The first-order chi connectivity index (χ1) is 11.6. The number of ether oxygens (including phenoxy) is 1. The first-order valence-electron chi connectivity index (χ1n) is 7.79. The minimum Gasteiger partial charge on any atom is -0.453 e. The van der Waals surface area contributed by atoms with Gasteiger partial charge in [0.2, 0.25) is 0 Å². The first-order valence-corrected chi connectivity index (χ1v) is 7.79. The van der Waals surface area contributed by atoms with E-state index in [1.165, 1.54) is 5.56 Å². The van der Waals surface area contributed by atoms with E-state index in [1.807, 2.05) is 50.2 Å². The third-order valence-electron chi connectivity index (χ3n) is 4.25. The molecule has 3 aromatic rings. The number of amides is 1. The number of carbonyl (C=O) groups excluding carboxylic acids is 1. The maximum Gasteiger partial charge on any atom is 0.267 e. The molecule has 1 amide bonds. The van der Waals surface area contributed by atoms with Gasteiger partial charge in [-0.05, 0) is 61.4 Å². The Labute approximate surface area is 140 Å². The summed E-state index contributed by atoms with van der Waals surface area (Å²) < 4.78 is 5.95. The molecule has 0 radical (unpaired) electrons. The summed E-state index contributed by atoms with van der Waals surface area (Å²) in [5, 5.41) is 0. The van der Waals surface area contributed by atoms with Crippen LogP contribution in [0.3, 0.4) is 0 Å². The summed E-state index contributed by atoms with van der Waals surface area (Å²) in [5.41, 5.74) is 3.60. The number of anilines is 2. The van der Waals surface area contributed by atoms with E-state index in [9.17, 15) is 4.79 Å². The van der Waals surface area contributed by atoms with Crippen LogP contribution in [0.25, 0.3) is 0 Å². The van der Waals surface area contributed by atoms with Crippen molar-refractivity contribution in [1.29, 1.82) is 0 Å². The van der Waals surface area contributed by atoms with E-state index in [1.54, 1.807) is 29.3 Å². The van der Waals surface area contributed by atoms with Crippen molar-refractivity contribution < 1.29 is 9.53 Å². The molecule has 2 heterocycles. The van der Waals surface area contributed by atoms with Crippen LogP contribution in [0.15, 0.2) is 60.8 Å². The Kier molecular flexibility index (Phi) is 3.31. The number of fused-ring (bicyclic) bond motifs is 2. The molecule has 1 aliphatic heterocycles. The molecule has 0 bridgehead atoms. The maximum atomic E-state index is 13.2. The number of aromatic nitrogens is 1. The predicted molar refractivity (Wildman–Crippen MR) is 93.1 cm³/mol. The molecule has 0 atom stereocenters. The molecule has 0 saturated carbocycles. The number of benzene rings is 2. The molecule has 4 heteroatoms. The Bertz CT molecular complexity index is 950. The van der Waals surface area contributed by atoms with Crippen LogP contribution in [-0.4, -0.2) is 10.9 Å². The van der Waals surface area contributed by atoms with Gasteiger partial charge < -0.3 is 4.74 Å². The van der Waals surface area contributed by atoms with E-state index in [2.05, 4.69) is 4.98 Å². The lowest BCUT2D eigenvalue weighted by molar-refractivity contribution is 0.0999. The van der Waals surface area contributed by atoms with Crippen LogP contribution in [0.1, 0.15) is 21.5 Å². The first kappa shape index (κ1) is 14.5. The summed E-state index contributed by atoms with van der Waals surface area (Å²) in [7, 11) is 0. The standard InChI is InChI=1S/C20H16N2O2/c1-13-9-10-15(12-14(13)2)22-19-18(8-5-11-21-19)24-17-7-4-3-6-16(17)20(22)23/h3-12H,1-2H3. The minimum atomic E-state index is -0.147. The number of aryl methyl sites for hydroxylation is 2. The van der Waals surface area contributed by atoms with Gasteiger partial charge >= 0.3 is 0 Å². The zero-order valence-electron chi connectivity index (χ0n) is 13.5. The predicted octanol–water partition coefficient (Wildman–Crippen LogP) is 4.78. The normalized spacial score (nSPS) is 12.9. The van der Waals surface area contributed by atoms with Crippen molar-refractivity contribution in [2.45, 2.75) is 13.8 Å². The monoisotopic (exact) mass is 316 g/mol. The van der Waals surface area contributed by atoms with Gasteiger partial charge in [0, 0.05) is 6.20 Å². The molecule has 2 aromatic carbocycles. The van der Waals surface area contributed by atoms with Gasteiger partial charge in [0.1, 0.15) is 5.75 Å². The van der Waals surface area contributed by atoms with Crippen molar-refractivity contribution in [2.24, 2.45) is 0 Å². The van der Waals surface area contributed by atoms with E-state index in [0.717, 1.165) is 11.3 Å². The van der Waals surface area contributed by atoms with Gasteiger partial charge in [0.25, 0.3) is 5.91 Å². The van der Waals surface area contributed by atoms with Crippen molar-refractivity contribution in [3.63, 3.8) is 0 Å². The fourth-order valence-corrected chi connectivity index (χ4v) is 2.80. The van der Waals surface area contributed by atoms with Gasteiger partial charge in [-0.3, -0.25) is 9.69 Å². The molecule has 0 unspecified atom stereocenters. The van der Waals surface area contributed by atoms with Crippen molar-refractivity contribution in [3.8, 4) is 11.5 Å². The van der Waals surface area contributed by atoms with E-state index < -0.39 is 0 Å². The molecule has 0 saturated heterocycles. The minimum absolute atomic E-state index is 0.147. The zero-order chi connectivity index (χ0) is 16.7. The highest BCUT2D eigenvalue weighted by Crippen LogP contribution is 2.40. The molecule has 0 N–H and O–H groups in total. The number of para-hydroxylation sites is 1. The maximum absolute atomic E-state index is 13.2. The molecular weight excluding hydrogens is 300 g/mol. The SMILES string of the molecule is Cc1ccc(N2C(=O)c3ccccc3Oc3cccnc32)cc1C. The number of rotatable bonds is 1. The Morgan fingerprint density at radius 1 is 0.917 bits per heavy atom. The van der Waals surface area contributed by atoms with Gasteiger partial charge in [-0.15, -0.1) is 0 Å². The average molecular weight is 316 g/mol. The number of hydrogen-bond acceptors (Lipinski definition) is 3. The number of pyridine rings is 1. The van der Waals surface area contributed by atoms with Gasteiger partial charge in [-0.1, -0.05) is 18.2 Å². The number of carbonyl (C=O) groups is 1. The number of nitrogens with zero attached hydrogens (tertiary/aromatic N) is 2. The topological polar surface area (TPSA) is 42.4 Å². The van der Waals surface area contributed by atoms with E-state index in [-0.39, 0.29) is 5.91 Å². The summed E-state index contributed by atoms with van der Waals surface area (Å²) >= 11 is 0. The molecule has 0 fully saturated rings. The Balaban J connectivity index is 1.97. The molecule has 4 rings (SSSR count). The van der Waals surface area contributed by atoms with Crippen molar-refractivity contribution in [1.82, 2.24) is 4.98 Å². The highest BCUT2D eigenvalue weighted by molar-refractivity contribution is 6.13. The summed E-state index contributed by atoms with van der Waals surface area (Å²) in [5.74, 6) is 1.46. The smallest absolute Gasteiger partial charge is 0.267 e. The van der Waals surface area contributed by atoms with E-state index >= 15 is 0 Å². The van der Waals surface area contributed by atoms with Crippen molar-refractivity contribution in [3.05, 3.63) is 77.5 Å². The quantitative estimate of drug-likeness (QED) is 0.648. The molecular formula is C20H16N2O2. The van der Waals surface area contributed by atoms with Crippen LogP contribution in [-0.2, 0) is 0 Å². The average Bonchev–Trinajstić information content (AvgIpc) is 2.72. The van der Waals surface area contributed by atoms with Crippen LogP contribution in [0, 0.1) is 13.8 Å².